The van der Waals surface area contributed by atoms with Gasteiger partial charge in [0, 0.05) is 9.85 Å². The van der Waals surface area contributed by atoms with Gasteiger partial charge >= 0.3 is 0 Å². The number of rotatable bonds is 4. The number of thiophene rings is 1. The maximum atomic E-state index is 11.8. The molecule has 6 nitrogen and oxygen atoms in total. The van der Waals surface area contributed by atoms with E-state index in [0.29, 0.717) is 11.7 Å². The monoisotopic (exact) mass is 356 g/mol. The summed E-state index contributed by atoms with van der Waals surface area (Å²) in [7, 11) is 0. The standard InChI is InChI=1S/C12H13BrN4O2S/c13-7-4-9(20-6-7)11-16-10(19-17-11)5-15-12(18)8-2-1-3-14-8/h4,6,8,14H,1-3,5H2,(H,15,18). The van der Waals surface area contributed by atoms with Crippen molar-refractivity contribution in [1.82, 2.24) is 20.8 Å². The Hall–Kier alpha value is -1.25. The number of aromatic nitrogens is 2. The second-order valence-electron chi connectivity index (χ2n) is 4.51. The molecular weight excluding hydrogens is 344 g/mol. The summed E-state index contributed by atoms with van der Waals surface area (Å²) in [5.41, 5.74) is 0. The zero-order valence-corrected chi connectivity index (χ0v) is 13.0. The third-order valence-corrected chi connectivity index (χ3v) is 4.73. The van der Waals surface area contributed by atoms with Crippen LogP contribution in [0.4, 0.5) is 0 Å². The van der Waals surface area contributed by atoms with Gasteiger partial charge in [-0.1, -0.05) is 5.16 Å². The number of nitrogens with zero attached hydrogens (tertiary/aromatic N) is 2. The van der Waals surface area contributed by atoms with Crippen LogP contribution in [-0.2, 0) is 11.3 Å². The van der Waals surface area contributed by atoms with E-state index in [1.165, 1.54) is 11.3 Å². The van der Waals surface area contributed by atoms with Gasteiger partial charge in [-0.15, -0.1) is 11.3 Å². The number of carbonyl (C=O) groups is 1. The van der Waals surface area contributed by atoms with Crippen LogP contribution in [0, 0.1) is 0 Å². The van der Waals surface area contributed by atoms with E-state index in [2.05, 4.69) is 36.7 Å². The van der Waals surface area contributed by atoms with Crippen molar-refractivity contribution in [2.24, 2.45) is 0 Å². The fourth-order valence-corrected chi connectivity index (χ4v) is 3.40. The van der Waals surface area contributed by atoms with Gasteiger partial charge in [0.15, 0.2) is 0 Å². The Labute approximate surface area is 128 Å². The fourth-order valence-electron chi connectivity index (χ4n) is 2.05. The van der Waals surface area contributed by atoms with Crippen LogP contribution in [0.15, 0.2) is 20.4 Å². The molecule has 0 bridgehead atoms. The zero-order chi connectivity index (χ0) is 13.9. The minimum atomic E-state index is -0.0920. The summed E-state index contributed by atoms with van der Waals surface area (Å²) in [5.74, 6) is 0.945. The minimum absolute atomic E-state index is 0.0129. The summed E-state index contributed by atoms with van der Waals surface area (Å²) in [6.45, 7) is 1.16. The van der Waals surface area contributed by atoms with Gasteiger partial charge in [-0.3, -0.25) is 4.79 Å². The second-order valence-corrected chi connectivity index (χ2v) is 6.33. The average molecular weight is 357 g/mol. The molecule has 8 heteroatoms. The lowest BCUT2D eigenvalue weighted by molar-refractivity contribution is -0.123. The first-order valence-corrected chi connectivity index (χ1v) is 7.98. The lowest BCUT2D eigenvalue weighted by atomic mass is 10.2. The molecule has 0 aliphatic carbocycles. The number of carbonyl (C=O) groups excluding carboxylic acids is 1. The third-order valence-electron chi connectivity index (χ3n) is 3.05. The molecule has 3 rings (SSSR count). The van der Waals surface area contributed by atoms with Crippen LogP contribution >= 0.6 is 27.3 Å². The van der Waals surface area contributed by atoms with Crippen LogP contribution in [0.25, 0.3) is 10.7 Å². The largest absolute Gasteiger partial charge is 0.346 e. The van der Waals surface area contributed by atoms with Crippen LogP contribution in [0.2, 0.25) is 0 Å². The normalized spacial score (nSPS) is 18.4. The molecule has 1 aliphatic rings. The molecule has 1 aliphatic heterocycles. The van der Waals surface area contributed by atoms with Crippen molar-refractivity contribution in [2.45, 2.75) is 25.4 Å². The Morgan fingerprint density at radius 3 is 3.25 bits per heavy atom. The molecule has 1 unspecified atom stereocenters. The van der Waals surface area contributed by atoms with Gasteiger partial charge in [-0.05, 0) is 41.4 Å². The van der Waals surface area contributed by atoms with Crippen molar-refractivity contribution >= 4 is 33.2 Å². The fraction of sp³-hybridized carbons (Fsp3) is 0.417. The molecule has 0 saturated carbocycles. The van der Waals surface area contributed by atoms with Crippen molar-refractivity contribution in [3.63, 3.8) is 0 Å². The highest BCUT2D eigenvalue weighted by atomic mass is 79.9. The van der Waals surface area contributed by atoms with E-state index in [0.717, 1.165) is 28.7 Å². The number of hydrogen-bond donors (Lipinski definition) is 2. The SMILES string of the molecule is O=C(NCc1nc(-c2cc(Br)cs2)no1)C1CCCN1. The van der Waals surface area contributed by atoms with E-state index >= 15 is 0 Å². The maximum Gasteiger partial charge on any atom is 0.246 e. The van der Waals surface area contributed by atoms with Crippen LogP contribution in [0.5, 0.6) is 0 Å². The highest BCUT2D eigenvalue weighted by Gasteiger charge is 2.22. The topological polar surface area (TPSA) is 80.1 Å². The van der Waals surface area contributed by atoms with Crippen molar-refractivity contribution < 1.29 is 9.32 Å². The van der Waals surface area contributed by atoms with Crippen LogP contribution < -0.4 is 10.6 Å². The Morgan fingerprint density at radius 2 is 2.55 bits per heavy atom. The van der Waals surface area contributed by atoms with Crippen LogP contribution in [-0.4, -0.2) is 28.6 Å². The summed E-state index contributed by atoms with van der Waals surface area (Å²) >= 11 is 4.92. The van der Waals surface area contributed by atoms with Crippen molar-refractivity contribution in [2.75, 3.05) is 6.54 Å². The van der Waals surface area contributed by atoms with E-state index in [4.69, 9.17) is 4.52 Å². The summed E-state index contributed by atoms with van der Waals surface area (Å²) in [6, 6.07) is 1.84. The first-order valence-electron chi connectivity index (χ1n) is 6.30. The predicted molar refractivity (Wildman–Crippen MR) is 78.2 cm³/mol. The van der Waals surface area contributed by atoms with E-state index in [1.807, 2.05) is 11.4 Å². The van der Waals surface area contributed by atoms with Gasteiger partial charge in [-0.2, -0.15) is 4.98 Å². The molecule has 1 fully saturated rings. The molecule has 1 amide bonds. The van der Waals surface area contributed by atoms with Crippen LogP contribution in [0.1, 0.15) is 18.7 Å². The number of nitrogens with one attached hydrogen (secondary N) is 2. The van der Waals surface area contributed by atoms with Gasteiger partial charge in [0.25, 0.3) is 0 Å². The molecule has 0 aromatic carbocycles. The smallest absolute Gasteiger partial charge is 0.246 e. The van der Waals surface area contributed by atoms with Crippen molar-refractivity contribution in [1.29, 1.82) is 0 Å². The lowest BCUT2D eigenvalue weighted by Crippen LogP contribution is -2.40. The van der Waals surface area contributed by atoms with E-state index in [-0.39, 0.29) is 18.5 Å². The quantitative estimate of drug-likeness (QED) is 0.874. The molecule has 106 valence electrons. The molecule has 0 radical (unpaired) electrons. The van der Waals surface area contributed by atoms with E-state index < -0.39 is 0 Å². The number of halogens is 1. The number of hydrogen-bond acceptors (Lipinski definition) is 6. The molecular formula is C12H13BrN4O2S. The Balaban J connectivity index is 1.58. The molecule has 3 heterocycles. The van der Waals surface area contributed by atoms with Crippen LogP contribution in [0.3, 0.4) is 0 Å². The average Bonchev–Trinajstić information content (AvgIpc) is 3.16. The molecule has 2 aromatic rings. The highest BCUT2D eigenvalue weighted by molar-refractivity contribution is 9.10. The second kappa shape index (κ2) is 6.02. The van der Waals surface area contributed by atoms with Gasteiger partial charge in [0.2, 0.25) is 17.6 Å². The lowest BCUT2D eigenvalue weighted by Gasteiger charge is -2.08. The summed E-state index contributed by atoms with van der Waals surface area (Å²) in [6.07, 6.45) is 1.92. The third kappa shape index (κ3) is 3.08. The summed E-state index contributed by atoms with van der Waals surface area (Å²) < 4.78 is 6.13. The first kappa shape index (κ1) is 13.7. The molecule has 0 spiro atoms. The maximum absolute atomic E-state index is 11.8. The Bertz CT molecular complexity index is 606. The van der Waals surface area contributed by atoms with Crippen molar-refractivity contribution in [3.05, 3.63) is 21.8 Å². The first-order chi connectivity index (χ1) is 9.72. The van der Waals surface area contributed by atoms with Crippen molar-refractivity contribution in [3.8, 4) is 10.7 Å². The summed E-state index contributed by atoms with van der Waals surface area (Å²) in [5, 5.41) is 11.8. The van der Waals surface area contributed by atoms with Gasteiger partial charge in [0.1, 0.15) is 0 Å². The summed E-state index contributed by atoms with van der Waals surface area (Å²) in [4.78, 5) is 17.0. The van der Waals surface area contributed by atoms with Gasteiger partial charge in [0.05, 0.1) is 17.5 Å². The van der Waals surface area contributed by atoms with Gasteiger partial charge in [-0.25, -0.2) is 0 Å². The Morgan fingerprint density at radius 1 is 1.65 bits per heavy atom. The Kier molecular flexibility index (Phi) is 4.13. The zero-order valence-electron chi connectivity index (χ0n) is 10.6. The highest BCUT2D eigenvalue weighted by Crippen LogP contribution is 2.27. The molecule has 20 heavy (non-hydrogen) atoms. The minimum Gasteiger partial charge on any atom is -0.346 e. The van der Waals surface area contributed by atoms with E-state index in [1.54, 1.807) is 0 Å². The van der Waals surface area contributed by atoms with Gasteiger partial charge < -0.3 is 15.2 Å². The molecule has 1 atom stereocenters. The molecule has 1 saturated heterocycles. The van der Waals surface area contributed by atoms with E-state index in [9.17, 15) is 4.79 Å². The molecule has 2 aromatic heterocycles. The number of amides is 1. The molecule has 2 N–H and O–H groups in total. The predicted octanol–water partition coefficient (Wildman–Crippen LogP) is 1.93.